The molecule has 0 atom stereocenters. The Hall–Kier alpha value is -1.26. The third-order valence-corrected chi connectivity index (χ3v) is 3.09. The first kappa shape index (κ1) is 13.2. The summed E-state index contributed by atoms with van der Waals surface area (Å²) in [6.45, 7) is 4.03. The summed E-state index contributed by atoms with van der Waals surface area (Å²) in [5.41, 5.74) is 1.30. The van der Waals surface area contributed by atoms with Crippen molar-refractivity contribution in [3.63, 3.8) is 0 Å². The van der Waals surface area contributed by atoms with E-state index in [0.717, 1.165) is 11.5 Å². The van der Waals surface area contributed by atoms with Gasteiger partial charge in [-0.1, -0.05) is 23.2 Å². The van der Waals surface area contributed by atoms with Crippen LogP contribution < -0.4 is 5.32 Å². The number of benzene rings is 1. The Labute approximate surface area is 114 Å². The molecule has 0 bridgehead atoms. The van der Waals surface area contributed by atoms with E-state index in [1.54, 1.807) is 0 Å². The second kappa shape index (κ2) is 5.16. The molecule has 6 heteroatoms. The number of aromatic nitrogens is 1. The van der Waals surface area contributed by atoms with Crippen molar-refractivity contribution in [2.45, 2.75) is 20.4 Å². The standard InChI is InChI=1S/C12H11Cl2FN2O/c1-6-7(2)18-11(17-6)5-16-12-9(13)3-8(15)4-10(12)14/h3-4,16H,5H2,1-2H3. The number of nitrogens with zero attached hydrogens (tertiary/aromatic N) is 1. The molecule has 96 valence electrons. The van der Waals surface area contributed by atoms with Crippen LogP contribution in [0.25, 0.3) is 0 Å². The van der Waals surface area contributed by atoms with Gasteiger partial charge in [-0.3, -0.25) is 0 Å². The normalized spacial score (nSPS) is 10.7. The molecule has 0 saturated heterocycles. The molecule has 0 aliphatic heterocycles. The molecule has 3 nitrogen and oxygen atoms in total. The van der Waals surface area contributed by atoms with Crippen LogP contribution in [0, 0.1) is 19.7 Å². The Bertz CT molecular complexity index is 541. The lowest BCUT2D eigenvalue weighted by atomic mass is 10.3. The van der Waals surface area contributed by atoms with Gasteiger partial charge in [-0.15, -0.1) is 0 Å². The Morgan fingerprint density at radius 2 is 1.89 bits per heavy atom. The van der Waals surface area contributed by atoms with Crippen LogP contribution in [0.15, 0.2) is 16.5 Å². The first-order valence-corrected chi connectivity index (χ1v) is 6.04. The molecule has 2 rings (SSSR count). The van der Waals surface area contributed by atoms with Gasteiger partial charge in [0.15, 0.2) is 0 Å². The third-order valence-electron chi connectivity index (χ3n) is 2.50. The van der Waals surface area contributed by atoms with Crippen LogP contribution >= 0.6 is 23.2 Å². The number of oxazole rings is 1. The lowest BCUT2D eigenvalue weighted by Gasteiger charge is -2.08. The summed E-state index contributed by atoms with van der Waals surface area (Å²) in [6, 6.07) is 2.39. The van der Waals surface area contributed by atoms with Crippen molar-refractivity contribution in [2.75, 3.05) is 5.32 Å². The van der Waals surface area contributed by atoms with Crippen molar-refractivity contribution < 1.29 is 8.81 Å². The lowest BCUT2D eigenvalue weighted by molar-refractivity contribution is 0.478. The van der Waals surface area contributed by atoms with Crippen LogP contribution in [0.2, 0.25) is 10.0 Å². The molecule has 0 spiro atoms. The fourth-order valence-corrected chi connectivity index (χ4v) is 2.08. The van der Waals surface area contributed by atoms with Gasteiger partial charge >= 0.3 is 0 Å². The highest BCUT2D eigenvalue weighted by Crippen LogP contribution is 2.31. The molecule has 2 aromatic rings. The number of rotatable bonds is 3. The summed E-state index contributed by atoms with van der Waals surface area (Å²) in [5, 5.41) is 3.42. The zero-order valence-electron chi connectivity index (χ0n) is 9.85. The minimum atomic E-state index is -0.474. The van der Waals surface area contributed by atoms with Gasteiger partial charge in [-0.05, 0) is 26.0 Å². The van der Waals surface area contributed by atoms with E-state index in [1.807, 2.05) is 13.8 Å². The summed E-state index contributed by atoms with van der Waals surface area (Å²) in [4.78, 5) is 4.21. The zero-order valence-corrected chi connectivity index (χ0v) is 11.4. The highest BCUT2D eigenvalue weighted by atomic mass is 35.5. The summed E-state index contributed by atoms with van der Waals surface area (Å²) >= 11 is 11.8. The Morgan fingerprint density at radius 3 is 2.39 bits per heavy atom. The van der Waals surface area contributed by atoms with Crippen LogP contribution in [-0.2, 0) is 6.54 Å². The summed E-state index contributed by atoms with van der Waals surface area (Å²) in [7, 11) is 0. The second-order valence-corrected chi connectivity index (χ2v) is 4.66. The van der Waals surface area contributed by atoms with E-state index < -0.39 is 5.82 Å². The number of hydrogen-bond donors (Lipinski definition) is 1. The molecule has 0 radical (unpaired) electrons. The fraction of sp³-hybridized carbons (Fsp3) is 0.250. The Balaban J connectivity index is 2.15. The maximum absolute atomic E-state index is 13.0. The maximum atomic E-state index is 13.0. The fourth-order valence-electron chi connectivity index (χ4n) is 1.49. The predicted octanol–water partition coefficient (Wildman–Crippen LogP) is 4.35. The number of aryl methyl sites for hydroxylation is 2. The molecular weight excluding hydrogens is 278 g/mol. The van der Waals surface area contributed by atoms with Crippen molar-refractivity contribution in [1.29, 1.82) is 0 Å². The number of halogens is 3. The quantitative estimate of drug-likeness (QED) is 0.912. The van der Waals surface area contributed by atoms with Gasteiger partial charge in [0.05, 0.1) is 28.0 Å². The highest BCUT2D eigenvalue weighted by molar-refractivity contribution is 6.39. The van der Waals surface area contributed by atoms with Gasteiger partial charge in [0.25, 0.3) is 0 Å². The molecule has 0 amide bonds. The summed E-state index contributed by atoms with van der Waals surface area (Å²) in [5.74, 6) is 0.822. The molecule has 0 unspecified atom stereocenters. The number of nitrogens with one attached hydrogen (secondary N) is 1. The average molecular weight is 289 g/mol. The minimum Gasteiger partial charge on any atom is -0.444 e. The van der Waals surface area contributed by atoms with Crippen molar-refractivity contribution in [3.8, 4) is 0 Å². The predicted molar refractivity (Wildman–Crippen MR) is 69.7 cm³/mol. The highest BCUT2D eigenvalue weighted by Gasteiger charge is 2.10. The molecule has 18 heavy (non-hydrogen) atoms. The molecule has 0 aliphatic rings. The average Bonchev–Trinajstić information content (AvgIpc) is 2.56. The van der Waals surface area contributed by atoms with Crippen LogP contribution in [0.1, 0.15) is 17.3 Å². The summed E-state index contributed by atoms with van der Waals surface area (Å²) < 4.78 is 18.4. The largest absolute Gasteiger partial charge is 0.444 e. The maximum Gasteiger partial charge on any atom is 0.213 e. The van der Waals surface area contributed by atoms with E-state index in [-0.39, 0.29) is 10.0 Å². The topological polar surface area (TPSA) is 38.1 Å². The molecule has 1 heterocycles. The monoisotopic (exact) mass is 288 g/mol. The minimum absolute atomic E-state index is 0.222. The van der Waals surface area contributed by atoms with Gasteiger partial charge in [0.1, 0.15) is 11.6 Å². The van der Waals surface area contributed by atoms with E-state index >= 15 is 0 Å². The van der Waals surface area contributed by atoms with Crippen LogP contribution in [-0.4, -0.2) is 4.98 Å². The van der Waals surface area contributed by atoms with Crippen molar-refractivity contribution in [1.82, 2.24) is 4.98 Å². The van der Waals surface area contributed by atoms with Crippen molar-refractivity contribution in [3.05, 3.63) is 45.3 Å². The number of anilines is 1. The van der Waals surface area contributed by atoms with Gasteiger partial charge in [-0.25, -0.2) is 9.37 Å². The lowest BCUT2D eigenvalue weighted by Crippen LogP contribution is -2.01. The van der Waals surface area contributed by atoms with Crippen LogP contribution in [0.4, 0.5) is 10.1 Å². The van der Waals surface area contributed by atoms with E-state index in [2.05, 4.69) is 10.3 Å². The molecule has 1 aromatic carbocycles. The van der Waals surface area contributed by atoms with E-state index in [0.29, 0.717) is 18.1 Å². The first-order chi connectivity index (χ1) is 8.47. The SMILES string of the molecule is Cc1nc(CNc2c(Cl)cc(F)cc2Cl)oc1C. The van der Waals surface area contributed by atoms with Crippen LogP contribution in [0.5, 0.6) is 0 Å². The Morgan fingerprint density at radius 1 is 1.28 bits per heavy atom. The smallest absolute Gasteiger partial charge is 0.213 e. The third kappa shape index (κ3) is 2.76. The number of hydrogen-bond acceptors (Lipinski definition) is 3. The Kier molecular flexibility index (Phi) is 3.78. The molecule has 0 saturated carbocycles. The molecular formula is C12H11Cl2FN2O. The molecule has 0 aliphatic carbocycles. The van der Waals surface area contributed by atoms with Gasteiger partial charge in [0, 0.05) is 0 Å². The van der Waals surface area contributed by atoms with E-state index in [9.17, 15) is 4.39 Å². The second-order valence-electron chi connectivity index (χ2n) is 3.85. The van der Waals surface area contributed by atoms with Gasteiger partial charge in [-0.2, -0.15) is 0 Å². The van der Waals surface area contributed by atoms with Crippen LogP contribution in [0.3, 0.4) is 0 Å². The van der Waals surface area contributed by atoms with Gasteiger partial charge < -0.3 is 9.73 Å². The van der Waals surface area contributed by atoms with Crippen molar-refractivity contribution in [2.24, 2.45) is 0 Å². The molecule has 0 fully saturated rings. The zero-order chi connectivity index (χ0) is 13.3. The van der Waals surface area contributed by atoms with Crippen molar-refractivity contribution >= 4 is 28.9 Å². The summed E-state index contributed by atoms with van der Waals surface area (Å²) in [6.07, 6.45) is 0. The first-order valence-electron chi connectivity index (χ1n) is 5.28. The molecule has 1 N–H and O–H groups in total. The van der Waals surface area contributed by atoms with E-state index in [4.69, 9.17) is 27.6 Å². The van der Waals surface area contributed by atoms with E-state index in [1.165, 1.54) is 12.1 Å². The molecule has 1 aromatic heterocycles. The van der Waals surface area contributed by atoms with Gasteiger partial charge in [0.2, 0.25) is 5.89 Å².